The topological polar surface area (TPSA) is 68.5 Å². The third-order valence-electron chi connectivity index (χ3n) is 2.86. The fourth-order valence-electron chi connectivity index (χ4n) is 1.59. The molecule has 0 aromatic heterocycles. The third kappa shape index (κ3) is 3.20. The Labute approximate surface area is 96.1 Å². The largest absolute Gasteiger partial charge is 0.469 e. The van der Waals surface area contributed by atoms with E-state index in [0.29, 0.717) is 6.54 Å². The van der Waals surface area contributed by atoms with Crippen LogP contribution in [0.25, 0.3) is 0 Å². The molecular weight excluding hydrogens is 208 g/mol. The van der Waals surface area contributed by atoms with Crippen molar-refractivity contribution in [3.63, 3.8) is 0 Å². The van der Waals surface area contributed by atoms with Crippen LogP contribution in [0.1, 0.15) is 13.8 Å². The maximum Gasteiger partial charge on any atom is 0.310 e. The summed E-state index contributed by atoms with van der Waals surface area (Å²) in [7, 11) is 3.10. The normalized spacial score (nSPS) is 20.4. The molecule has 1 heterocycles. The van der Waals surface area contributed by atoms with Crippen molar-refractivity contribution in [3.8, 4) is 0 Å². The lowest BCUT2D eigenvalue weighted by Crippen LogP contribution is -2.40. The molecule has 92 valence electrons. The number of methoxy groups -OCH3 is 1. The number of rotatable bonds is 5. The van der Waals surface area contributed by atoms with Crippen LogP contribution in [0.5, 0.6) is 0 Å². The van der Waals surface area contributed by atoms with Gasteiger partial charge in [0.25, 0.3) is 0 Å². The highest BCUT2D eigenvalue weighted by Crippen LogP contribution is 2.15. The van der Waals surface area contributed by atoms with Crippen molar-refractivity contribution in [1.29, 1.82) is 0 Å². The molecule has 1 N–H and O–H groups in total. The fraction of sp³-hybridized carbons (Fsp3) is 0.818. The Morgan fingerprint density at radius 3 is 2.44 bits per heavy atom. The number of hydrogen-bond acceptors (Lipinski definition) is 4. The van der Waals surface area contributed by atoms with E-state index >= 15 is 0 Å². The summed E-state index contributed by atoms with van der Waals surface area (Å²) in [5.74, 6) is -0.291. The molecule has 1 aliphatic heterocycles. The summed E-state index contributed by atoms with van der Waals surface area (Å²) in [4.78, 5) is 24.8. The lowest BCUT2D eigenvalue weighted by molar-refractivity contribution is -0.148. The number of carbonyl (C=O) groups is 2. The van der Waals surface area contributed by atoms with Gasteiger partial charge in [-0.3, -0.25) is 9.59 Å². The zero-order chi connectivity index (χ0) is 12.3. The molecule has 1 fully saturated rings. The van der Waals surface area contributed by atoms with E-state index in [0.717, 1.165) is 6.54 Å². The number of nitrogens with zero attached hydrogens (tertiary/aromatic N) is 1. The van der Waals surface area contributed by atoms with Crippen LogP contribution in [0.2, 0.25) is 0 Å². The summed E-state index contributed by atoms with van der Waals surface area (Å²) in [5, 5.41) is 2.95. The lowest BCUT2D eigenvalue weighted by atomic mass is 9.95. The molecular formula is C11H20N2O3. The second kappa shape index (κ2) is 5.30. The maximum absolute atomic E-state index is 11.7. The molecule has 1 amide bonds. The minimum Gasteiger partial charge on any atom is -0.469 e. The Bertz CT molecular complexity index is 274. The molecule has 0 radical (unpaired) electrons. The number of ether oxygens (including phenoxy) is 1. The van der Waals surface area contributed by atoms with Crippen LogP contribution in [-0.2, 0) is 14.3 Å². The zero-order valence-electron chi connectivity index (χ0n) is 10.3. The summed E-state index contributed by atoms with van der Waals surface area (Å²) in [6, 6.07) is -0.0459. The molecule has 0 aromatic rings. The molecule has 5 heteroatoms. The summed E-state index contributed by atoms with van der Waals surface area (Å²) in [5.41, 5.74) is 0. The van der Waals surface area contributed by atoms with E-state index < -0.39 is 0 Å². The Morgan fingerprint density at radius 1 is 1.50 bits per heavy atom. The van der Waals surface area contributed by atoms with Gasteiger partial charge >= 0.3 is 5.97 Å². The number of esters is 1. The third-order valence-corrected chi connectivity index (χ3v) is 2.86. The van der Waals surface area contributed by atoms with Crippen LogP contribution < -0.4 is 5.32 Å². The van der Waals surface area contributed by atoms with Crippen molar-refractivity contribution < 1.29 is 14.3 Å². The molecule has 0 spiro atoms. The molecule has 0 saturated carbocycles. The first kappa shape index (κ1) is 13.0. The molecule has 1 saturated heterocycles. The average Bonchev–Trinajstić information content (AvgIpc) is 3.06. The van der Waals surface area contributed by atoms with E-state index in [1.54, 1.807) is 11.9 Å². The minimum absolute atomic E-state index is 0.0459. The lowest BCUT2D eigenvalue weighted by Gasteiger charge is -2.24. The van der Waals surface area contributed by atoms with Crippen molar-refractivity contribution in [2.75, 3.05) is 27.2 Å². The predicted molar refractivity (Wildman–Crippen MR) is 59.8 cm³/mol. The first-order valence-corrected chi connectivity index (χ1v) is 5.53. The first-order chi connectivity index (χ1) is 7.47. The minimum atomic E-state index is -0.252. The van der Waals surface area contributed by atoms with Gasteiger partial charge in [-0.05, 0) is 5.92 Å². The number of likely N-dealkylation sites (N-methyl/N-ethyl adjacent to an activating group) is 1. The van der Waals surface area contributed by atoms with Crippen LogP contribution in [0.4, 0.5) is 0 Å². The van der Waals surface area contributed by atoms with Crippen molar-refractivity contribution >= 4 is 11.9 Å². The predicted octanol–water partition coefficient (Wildman–Crippen LogP) is -0.138. The molecule has 5 nitrogen and oxygen atoms in total. The number of nitrogens with one attached hydrogen (secondary N) is 1. The first-order valence-electron chi connectivity index (χ1n) is 5.53. The summed E-state index contributed by atoms with van der Waals surface area (Å²) < 4.78 is 4.74. The van der Waals surface area contributed by atoms with E-state index in [2.05, 4.69) is 5.32 Å². The summed E-state index contributed by atoms with van der Waals surface area (Å²) in [6.45, 7) is 5.07. The van der Waals surface area contributed by atoms with Crippen molar-refractivity contribution in [3.05, 3.63) is 0 Å². The zero-order valence-corrected chi connectivity index (χ0v) is 10.3. The van der Waals surface area contributed by atoms with Gasteiger partial charge in [0.1, 0.15) is 0 Å². The Hall–Kier alpha value is -1.10. The number of hydrogen-bond donors (Lipinski definition) is 1. The summed E-state index contributed by atoms with van der Waals surface area (Å²) >= 11 is 0. The van der Waals surface area contributed by atoms with E-state index in [9.17, 15) is 9.59 Å². The molecule has 0 unspecified atom stereocenters. The summed E-state index contributed by atoms with van der Waals surface area (Å²) in [6.07, 6.45) is 0. The molecule has 16 heavy (non-hydrogen) atoms. The van der Waals surface area contributed by atoms with Gasteiger partial charge in [-0.25, -0.2) is 0 Å². The van der Waals surface area contributed by atoms with E-state index in [4.69, 9.17) is 4.74 Å². The van der Waals surface area contributed by atoms with Gasteiger partial charge in [0.2, 0.25) is 5.91 Å². The van der Waals surface area contributed by atoms with Crippen molar-refractivity contribution in [2.45, 2.75) is 19.9 Å². The second-order valence-electron chi connectivity index (χ2n) is 4.55. The standard InChI is InChI=1S/C11H20N2O3/c1-7(2)8(11(15)16-4)6-13(3)10(14)9-5-12-9/h7-9,12H,5-6H2,1-4H3/t8-,9-/m0/s1. The highest BCUT2D eigenvalue weighted by molar-refractivity contribution is 5.85. The van der Waals surface area contributed by atoms with Gasteiger partial charge in [-0.1, -0.05) is 13.8 Å². The second-order valence-corrected chi connectivity index (χ2v) is 4.55. The van der Waals surface area contributed by atoms with Crippen LogP contribution in [0.15, 0.2) is 0 Å². The molecule has 0 bridgehead atoms. The fourth-order valence-corrected chi connectivity index (χ4v) is 1.59. The van der Waals surface area contributed by atoms with Gasteiger partial charge in [-0.2, -0.15) is 0 Å². The van der Waals surface area contributed by atoms with Crippen molar-refractivity contribution in [1.82, 2.24) is 10.2 Å². The Balaban J connectivity index is 2.53. The van der Waals surface area contributed by atoms with E-state index in [1.165, 1.54) is 7.11 Å². The number of amides is 1. The molecule has 1 aliphatic rings. The highest BCUT2D eigenvalue weighted by Gasteiger charge is 2.34. The van der Waals surface area contributed by atoms with Gasteiger partial charge < -0.3 is 15.0 Å². The smallest absolute Gasteiger partial charge is 0.310 e. The quantitative estimate of drug-likeness (QED) is 0.525. The van der Waals surface area contributed by atoms with E-state index in [1.807, 2.05) is 13.8 Å². The van der Waals surface area contributed by atoms with Crippen LogP contribution >= 0.6 is 0 Å². The average molecular weight is 228 g/mol. The van der Waals surface area contributed by atoms with Crippen LogP contribution in [0.3, 0.4) is 0 Å². The van der Waals surface area contributed by atoms with Crippen LogP contribution in [0, 0.1) is 11.8 Å². The van der Waals surface area contributed by atoms with Crippen LogP contribution in [-0.4, -0.2) is 50.1 Å². The van der Waals surface area contributed by atoms with Gasteiger partial charge in [0.05, 0.1) is 19.1 Å². The SMILES string of the molecule is COC(=O)[C@@H](CN(C)C(=O)[C@@H]1CN1)C(C)C. The molecule has 1 rings (SSSR count). The number of carbonyl (C=O) groups excluding carboxylic acids is 2. The van der Waals surface area contributed by atoms with Gasteiger partial charge in [0.15, 0.2) is 0 Å². The molecule has 0 aromatic carbocycles. The van der Waals surface area contributed by atoms with Crippen molar-refractivity contribution in [2.24, 2.45) is 11.8 Å². The Morgan fingerprint density at radius 2 is 2.06 bits per heavy atom. The highest BCUT2D eigenvalue weighted by atomic mass is 16.5. The van der Waals surface area contributed by atoms with Gasteiger partial charge in [0, 0.05) is 20.1 Å². The maximum atomic E-state index is 11.7. The van der Waals surface area contributed by atoms with E-state index in [-0.39, 0.29) is 29.8 Å². The molecule has 0 aliphatic carbocycles. The molecule has 2 atom stereocenters. The Kier molecular flexibility index (Phi) is 4.29. The van der Waals surface area contributed by atoms with Gasteiger partial charge in [-0.15, -0.1) is 0 Å². The monoisotopic (exact) mass is 228 g/mol.